The first-order valence-electron chi connectivity index (χ1n) is 4.34. The highest BCUT2D eigenvalue weighted by Crippen LogP contribution is 2.29. The van der Waals surface area contributed by atoms with Gasteiger partial charge in [0.05, 0.1) is 6.04 Å². The number of carbonyl (C=O) groups is 1. The number of carbonyl (C=O) groups excluding carboxylic acids is 1. The van der Waals surface area contributed by atoms with Gasteiger partial charge >= 0.3 is 0 Å². The average Bonchev–Trinajstić information content (AvgIpc) is 2.53. The standard InChI is InChI=1S/C10H11NO2/c12-9-4-2-1-3-7(9)8-5-6-10(13)11-8/h1-4,8,12H,5-6H2,(H,11,13). The lowest BCUT2D eigenvalue weighted by Crippen LogP contribution is -2.18. The largest absolute Gasteiger partial charge is 0.508 e. The molecule has 1 aliphatic heterocycles. The van der Waals surface area contributed by atoms with Gasteiger partial charge in [-0.2, -0.15) is 0 Å². The van der Waals surface area contributed by atoms with Gasteiger partial charge in [0, 0.05) is 12.0 Å². The van der Waals surface area contributed by atoms with Crippen molar-refractivity contribution in [2.45, 2.75) is 18.9 Å². The van der Waals surface area contributed by atoms with Gasteiger partial charge in [-0.25, -0.2) is 0 Å². The molecule has 1 aromatic carbocycles. The van der Waals surface area contributed by atoms with E-state index in [0.29, 0.717) is 6.42 Å². The minimum atomic E-state index is -0.00583. The first-order valence-corrected chi connectivity index (χ1v) is 4.34. The summed E-state index contributed by atoms with van der Waals surface area (Å²) in [5.41, 5.74) is 0.813. The van der Waals surface area contributed by atoms with Crippen LogP contribution in [0.3, 0.4) is 0 Å². The number of amides is 1. The fraction of sp³-hybridized carbons (Fsp3) is 0.300. The van der Waals surface area contributed by atoms with Gasteiger partial charge in [0.15, 0.2) is 0 Å². The minimum absolute atomic E-state index is 0.00583. The first-order chi connectivity index (χ1) is 6.27. The monoisotopic (exact) mass is 177 g/mol. The molecule has 1 unspecified atom stereocenters. The molecular formula is C10H11NO2. The summed E-state index contributed by atoms with van der Waals surface area (Å²) in [7, 11) is 0. The van der Waals surface area contributed by atoms with E-state index in [2.05, 4.69) is 5.32 Å². The van der Waals surface area contributed by atoms with E-state index in [9.17, 15) is 9.90 Å². The molecule has 0 aliphatic carbocycles. The van der Waals surface area contributed by atoms with Gasteiger partial charge in [-0.3, -0.25) is 4.79 Å². The summed E-state index contributed by atoms with van der Waals surface area (Å²) < 4.78 is 0. The average molecular weight is 177 g/mol. The molecule has 2 N–H and O–H groups in total. The summed E-state index contributed by atoms with van der Waals surface area (Å²) >= 11 is 0. The maximum atomic E-state index is 10.9. The molecule has 3 heteroatoms. The van der Waals surface area contributed by atoms with Gasteiger partial charge < -0.3 is 10.4 Å². The van der Waals surface area contributed by atoms with Crippen molar-refractivity contribution in [3.63, 3.8) is 0 Å². The van der Waals surface area contributed by atoms with Crippen molar-refractivity contribution in [2.24, 2.45) is 0 Å². The molecule has 1 amide bonds. The quantitative estimate of drug-likeness (QED) is 0.680. The van der Waals surface area contributed by atoms with Crippen LogP contribution >= 0.6 is 0 Å². The molecule has 1 heterocycles. The Hall–Kier alpha value is -1.51. The summed E-state index contributed by atoms with van der Waals surface area (Å²) in [5.74, 6) is 0.322. The molecule has 68 valence electrons. The second-order valence-corrected chi connectivity index (χ2v) is 3.22. The molecule has 1 fully saturated rings. The van der Waals surface area contributed by atoms with Crippen LogP contribution in [-0.2, 0) is 4.79 Å². The highest BCUT2D eigenvalue weighted by atomic mass is 16.3. The summed E-state index contributed by atoms with van der Waals surface area (Å²) in [4.78, 5) is 10.9. The Morgan fingerprint density at radius 3 is 2.77 bits per heavy atom. The van der Waals surface area contributed by atoms with E-state index in [4.69, 9.17) is 0 Å². The zero-order chi connectivity index (χ0) is 9.26. The van der Waals surface area contributed by atoms with Gasteiger partial charge in [-0.05, 0) is 12.5 Å². The predicted molar refractivity (Wildman–Crippen MR) is 48.2 cm³/mol. The maximum absolute atomic E-state index is 10.9. The minimum Gasteiger partial charge on any atom is -0.508 e. The third kappa shape index (κ3) is 1.49. The smallest absolute Gasteiger partial charge is 0.220 e. The van der Waals surface area contributed by atoms with Gasteiger partial charge in [0.1, 0.15) is 5.75 Å². The first kappa shape index (κ1) is 8.10. The number of rotatable bonds is 1. The maximum Gasteiger partial charge on any atom is 0.220 e. The Morgan fingerprint density at radius 1 is 1.38 bits per heavy atom. The molecule has 13 heavy (non-hydrogen) atoms. The molecule has 0 saturated carbocycles. The normalized spacial score (nSPS) is 21.5. The molecular weight excluding hydrogens is 166 g/mol. The number of phenols is 1. The molecule has 0 aromatic heterocycles. The number of aromatic hydroxyl groups is 1. The van der Waals surface area contributed by atoms with E-state index in [0.717, 1.165) is 12.0 Å². The van der Waals surface area contributed by atoms with Crippen LogP contribution in [0.2, 0.25) is 0 Å². The third-order valence-electron chi connectivity index (χ3n) is 2.31. The SMILES string of the molecule is O=C1CCC(c2ccccc2O)N1. The molecule has 0 radical (unpaired) electrons. The van der Waals surface area contributed by atoms with Gasteiger partial charge in [0.25, 0.3) is 0 Å². The zero-order valence-corrected chi connectivity index (χ0v) is 7.16. The molecule has 1 atom stereocenters. The fourth-order valence-corrected chi connectivity index (χ4v) is 1.63. The van der Waals surface area contributed by atoms with Gasteiger partial charge in [-0.1, -0.05) is 18.2 Å². The lowest BCUT2D eigenvalue weighted by atomic mass is 10.0. The molecule has 1 aromatic rings. The second kappa shape index (κ2) is 3.09. The number of benzene rings is 1. The van der Waals surface area contributed by atoms with Crippen LogP contribution in [0.1, 0.15) is 24.4 Å². The highest BCUT2D eigenvalue weighted by Gasteiger charge is 2.23. The van der Waals surface area contributed by atoms with E-state index >= 15 is 0 Å². The van der Waals surface area contributed by atoms with E-state index in [1.54, 1.807) is 12.1 Å². The second-order valence-electron chi connectivity index (χ2n) is 3.22. The van der Waals surface area contributed by atoms with Crippen molar-refractivity contribution in [3.05, 3.63) is 29.8 Å². The summed E-state index contributed by atoms with van der Waals surface area (Å²) in [6.45, 7) is 0. The summed E-state index contributed by atoms with van der Waals surface area (Å²) in [5, 5.41) is 12.3. The van der Waals surface area contributed by atoms with Crippen molar-refractivity contribution >= 4 is 5.91 Å². The van der Waals surface area contributed by atoms with Gasteiger partial charge in [-0.15, -0.1) is 0 Å². The number of nitrogens with one attached hydrogen (secondary N) is 1. The number of hydrogen-bond donors (Lipinski definition) is 2. The van der Waals surface area contributed by atoms with Gasteiger partial charge in [0.2, 0.25) is 5.91 Å². The molecule has 1 aliphatic rings. The molecule has 2 rings (SSSR count). The van der Waals surface area contributed by atoms with E-state index in [1.165, 1.54) is 0 Å². The van der Waals surface area contributed by atoms with Crippen molar-refractivity contribution in [3.8, 4) is 5.75 Å². The highest BCUT2D eigenvalue weighted by molar-refractivity contribution is 5.78. The Labute approximate surface area is 76.4 Å². The molecule has 3 nitrogen and oxygen atoms in total. The lowest BCUT2D eigenvalue weighted by molar-refractivity contribution is -0.119. The Bertz CT molecular complexity index is 335. The number of para-hydroxylation sites is 1. The molecule has 1 saturated heterocycles. The zero-order valence-electron chi connectivity index (χ0n) is 7.16. The van der Waals surface area contributed by atoms with Crippen LogP contribution in [-0.4, -0.2) is 11.0 Å². The molecule has 0 spiro atoms. The Balaban J connectivity index is 2.26. The van der Waals surface area contributed by atoms with Crippen molar-refractivity contribution in [1.82, 2.24) is 5.32 Å². The van der Waals surface area contributed by atoms with Crippen molar-refractivity contribution < 1.29 is 9.90 Å². The number of phenolic OH excluding ortho intramolecular Hbond substituents is 1. The summed E-state index contributed by atoms with van der Waals surface area (Å²) in [6, 6.07) is 7.11. The van der Waals surface area contributed by atoms with Crippen LogP contribution in [0.5, 0.6) is 5.75 Å². The van der Waals surface area contributed by atoms with Crippen molar-refractivity contribution in [1.29, 1.82) is 0 Å². The van der Waals surface area contributed by atoms with E-state index < -0.39 is 0 Å². The Kier molecular flexibility index (Phi) is 1.93. The van der Waals surface area contributed by atoms with E-state index in [-0.39, 0.29) is 17.7 Å². The van der Waals surface area contributed by atoms with Crippen LogP contribution in [0.25, 0.3) is 0 Å². The number of hydrogen-bond acceptors (Lipinski definition) is 2. The van der Waals surface area contributed by atoms with Crippen LogP contribution in [0, 0.1) is 0 Å². The van der Waals surface area contributed by atoms with Crippen LogP contribution in [0.4, 0.5) is 0 Å². The lowest BCUT2D eigenvalue weighted by Gasteiger charge is -2.11. The summed E-state index contributed by atoms with van der Waals surface area (Å²) in [6.07, 6.45) is 1.33. The molecule has 0 bridgehead atoms. The predicted octanol–water partition coefficient (Wildman–Crippen LogP) is 1.34. The van der Waals surface area contributed by atoms with Crippen molar-refractivity contribution in [2.75, 3.05) is 0 Å². The fourth-order valence-electron chi connectivity index (χ4n) is 1.63. The van der Waals surface area contributed by atoms with Crippen LogP contribution < -0.4 is 5.32 Å². The third-order valence-corrected chi connectivity index (χ3v) is 2.31. The van der Waals surface area contributed by atoms with Crippen LogP contribution in [0.15, 0.2) is 24.3 Å². The Morgan fingerprint density at radius 2 is 2.15 bits per heavy atom. The van der Waals surface area contributed by atoms with E-state index in [1.807, 2.05) is 12.1 Å². The topological polar surface area (TPSA) is 49.3 Å².